The van der Waals surface area contributed by atoms with E-state index in [1.165, 1.54) is 68.2 Å². The Balaban J connectivity index is 1.43. The number of rotatable bonds is 0. The van der Waals surface area contributed by atoms with Crippen molar-refractivity contribution in [1.82, 2.24) is 0 Å². The van der Waals surface area contributed by atoms with Crippen molar-refractivity contribution in [1.29, 1.82) is 0 Å². The molecular formula is C34H37BN2. The lowest BCUT2D eigenvalue weighted by atomic mass is 9.33. The van der Waals surface area contributed by atoms with Crippen LogP contribution in [0.1, 0.15) is 90.2 Å². The molecule has 0 bridgehead atoms. The molecule has 3 heteroatoms. The van der Waals surface area contributed by atoms with Crippen LogP contribution < -0.4 is 26.2 Å². The van der Waals surface area contributed by atoms with Gasteiger partial charge in [0.1, 0.15) is 0 Å². The summed E-state index contributed by atoms with van der Waals surface area (Å²) in [7, 11) is 0. The maximum atomic E-state index is 2.84. The minimum absolute atomic E-state index is 0.0681. The summed E-state index contributed by atoms with van der Waals surface area (Å²) < 4.78 is 0. The molecule has 0 amide bonds. The molecule has 2 saturated carbocycles. The Hall–Kier alpha value is -2.68. The maximum Gasteiger partial charge on any atom is 0.252 e. The minimum Gasteiger partial charge on any atom is -0.336 e. The second-order valence-electron chi connectivity index (χ2n) is 14.0. The van der Waals surface area contributed by atoms with Crippen LogP contribution in [0.3, 0.4) is 0 Å². The summed E-state index contributed by atoms with van der Waals surface area (Å²) in [6, 6.07) is 21.9. The number of benzene rings is 3. The van der Waals surface area contributed by atoms with Gasteiger partial charge in [-0.05, 0) is 86.1 Å². The lowest BCUT2D eigenvalue weighted by Crippen LogP contribution is -2.65. The second-order valence-corrected chi connectivity index (χ2v) is 14.0. The molecule has 9 rings (SSSR count). The van der Waals surface area contributed by atoms with Crippen LogP contribution in [-0.4, -0.2) is 17.8 Å². The first-order valence-corrected chi connectivity index (χ1v) is 14.9. The molecule has 2 fully saturated rings. The van der Waals surface area contributed by atoms with Crippen molar-refractivity contribution in [3.05, 3.63) is 65.7 Å². The van der Waals surface area contributed by atoms with E-state index in [0.717, 1.165) is 0 Å². The first-order chi connectivity index (χ1) is 17.9. The molecule has 0 aromatic heterocycles. The Morgan fingerprint density at radius 3 is 2.19 bits per heavy atom. The monoisotopic (exact) mass is 484 g/mol. The fourth-order valence-corrected chi connectivity index (χ4v) is 10.6. The highest BCUT2D eigenvalue weighted by atomic mass is 15.3. The Bertz CT molecular complexity index is 1530. The van der Waals surface area contributed by atoms with Crippen molar-refractivity contribution >= 4 is 45.9 Å². The van der Waals surface area contributed by atoms with E-state index in [1.54, 1.807) is 33.4 Å². The topological polar surface area (TPSA) is 6.48 Å². The lowest BCUT2D eigenvalue weighted by Gasteiger charge is -2.52. The number of nitrogens with zero attached hydrogens (tertiary/aromatic N) is 2. The van der Waals surface area contributed by atoms with E-state index >= 15 is 0 Å². The molecule has 2 aliphatic carbocycles. The summed E-state index contributed by atoms with van der Waals surface area (Å²) >= 11 is 0. The van der Waals surface area contributed by atoms with Gasteiger partial charge in [0, 0.05) is 39.1 Å². The molecule has 0 saturated heterocycles. The first-order valence-electron chi connectivity index (χ1n) is 14.9. The van der Waals surface area contributed by atoms with Crippen LogP contribution >= 0.6 is 0 Å². The molecule has 2 nitrogen and oxygen atoms in total. The zero-order valence-electron chi connectivity index (χ0n) is 22.8. The number of hydrogen-bond acceptors (Lipinski definition) is 2. The number of para-hydroxylation sites is 2. The summed E-state index contributed by atoms with van der Waals surface area (Å²) in [6.07, 6.45) is 10.6. The van der Waals surface area contributed by atoms with Crippen LogP contribution in [0.4, 0.5) is 22.7 Å². The van der Waals surface area contributed by atoms with Crippen molar-refractivity contribution in [2.75, 3.05) is 9.80 Å². The Kier molecular flexibility index (Phi) is 3.63. The van der Waals surface area contributed by atoms with E-state index in [0.29, 0.717) is 6.71 Å². The maximum absolute atomic E-state index is 2.84. The fraction of sp³-hybridized carbons (Fsp3) is 0.471. The smallest absolute Gasteiger partial charge is 0.252 e. The van der Waals surface area contributed by atoms with Gasteiger partial charge in [0.2, 0.25) is 0 Å². The standard InChI is InChI=1S/C34H37BN2/c1-31(2)34(20-9-10-21-34)23-12-11-14-25-29(23)36(31)27-17-16-22-30-28(27)35(25)24-13-5-6-15-26(24)37(30)33(4)19-8-7-18-32(22,33)3/h5-6,11-17H,7-10,18-21H2,1-4H3. The minimum atomic E-state index is 0.0681. The first kappa shape index (κ1) is 21.3. The third-order valence-electron chi connectivity index (χ3n) is 12.6. The highest BCUT2D eigenvalue weighted by molar-refractivity contribution is 7.00. The number of anilines is 4. The molecular weight excluding hydrogens is 447 g/mol. The molecule has 6 aliphatic rings. The third kappa shape index (κ3) is 2.02. The van der Waals surface area contributed by atoms with Gasteiger partial charge in [0.05, 0.1) is 5.54 Å². The van der Waals surface area contributed by atoms with Crippen LogP contribution in [-0.2, 0) is 10.8 Å². The Morgan fingerprint density at radius 1 is 0.622 bits per heavy atom. The van der Waals surface area contributed by atoms with Crippen molar-refractivity contribution in [3.8, 4) is 0 Å². The molecule has 2 unspecified atom stereocenters. The van der Waals surface area contributed by atoms with E-state index in [-0.39, 0.29) is 21.9 Å². The molecule has 4 aliphatic heterocycles. The highest BCUT2D eigenvalue weighted by Gasteiger charge is 2.64. The van der Waals surface area contributed by atoms with E-state index < -0.39 is 0 Å². The molecule has 3 aromatic rings. The molecule has 37 heavy (non-hydrogen) atoms. The van der Waals surface area contributed by atoms with Crippen molar-refractivity contribution in [2.45, 2.75) is 101 Å². The van der Waals surface area contributed by atoms with Crippen LogP contribution in [0.2, 0.25) is 0 Å². The van der Waals surface area contributed by atoms with Gasteiger partial charge in [-0.2, -0.15) is 0 Å². The molecule has 1 spiro atoms. The zero-order chi connectivity index (χ0) is 24.9. The molecule has 4 heterocycles. The van der Waals surface area contributed by atoms with Gasteiger partial charge in [0.15, 0.2) is 0 Å². The third-order valence-corrected chi connectivity index (χ3v) is 12.6. The van der Waals surface area contributed by atoms with Gasteiger partial charge < -0.3 is 9.80 Å². The van der Waals surface area contributed by atoms with Crippen LogP contribution in [0.5, 0.6) is 0 Å². The predicted octanol–water partition coefficient (Wildman–Crippen LogP) is 6.31. The molecule has 0 N–H and O–H groups in total. The summed E-state index contributed by atoms with van der Waals surface area (Å²) in [5, 5.41) is 0. The van der Waals surface area contributed by atoms with Crippen LogP contribution in [0.25, 0.3) is 0 Å². The van der Waals surface area contributed by atoms with Gasteiger partial charge in [-0.25, -0.2) is 0 Å². The van der Waals surface area contributed by atoms with Crippen molar-refractivity contribution in [3.63, 3.8) is 0 Å². The molecule has 0 radical (unpaired) electrons. The van der Waals surface area contributed by atoms with Gasteiger partial charge in [0.25, 0.3) is 6.71 Å². The largest absolute Gasteiger partial charge is 0.336 e. The van der Waals surface area contributed by atoms with Gasteiger partial charge >= 0.3 is 0 Å². The summed E-state index contributed by atoms with van der Waals surface area (Å²) in [6.45, 7) is 10.6. The quantitative estimate of drug-likeness (QED) is 0.345. The second kappa shape index (κ2) is 6.30. The van der Waals surface area contributed by atoms with Gasteiger partial charge in [-0.15, -0.1) is 0 Å². The highest BCUT2D eigenvalue weighted by Crippen LogP contribution is 2.65. The predicted molar refractivity (Wildman–Crippen MR) is 157 cm³/mol. The Labute approximate surface area is 222 Å². The Morgan fingerprint density at radius 2 is 1.35 bits per heavy atom. The normalized spacial score (nSPS) is 30.3. The van der Waals surface area contributed by atoms with E-state index in [1.807, 2.05) is 0 Å². The van der Waals surface area contributed by atoms with Gasteiger partial charge in [-0.1, -0.05) is 75.1 Å². The van der Waals surface area contributed by atoms with Crippen LogP contribution in [0, 0.1) is 0 Å². The molecule has 2 atom stereocenters. The average molecular weight is 484 g/mol. The lowest BCUT2D eigenvalue weighted by molar-refractivity contribution is 0.195. The summed E-state index contributed by atoms with van der Waals surface area (Å²) in [5.74, 6) is 0. The summed E-state index contributed by atoms with van der Waals surface area (Å²) in [4.78, 5) is 5.67. The van der Waals surface area contributed by atoms with Gasteiger partial charge in [-0.3, -0.25) is 0 Å². The van der Waals surface area contributed by atoms with Crippen LogP contribution in [0.15, 0.2) is 54.6 Å². The zero-order valence-corrected chi connectivity index (χ0v) is 22.8. The van der Waals surface area contributed by atoms with E-state index in [9.17, 15) is 0 Å². The summed E-state index contributed by atoms with van der Waals surface area (Å²) in [5.41, 5.74) is 14.6. The van der Waals surface area contributed by atoms with E-state index in [2.05, 4.69) is 92.1 Å². The number of hydrogen-bond donors (Lipinski definition) is 0. The van der Waals surface area contributed by atoms with Crippen molar-refractivity contribution in [2.24, 2.45) is 0 Å². The van der Waals surface area contributed by atoms with Crippen molar-refractivity contribution < 1.29 is 0 Å². The molecule has 3 aromatic carbocycles. The fourth-order valence-electron chi connectivity index (χ4n) is 10.6. The molecule has 186 valence electrons. The SMILES string of the molecule is CC12CCCCC1(C)N1c3ccccc3B3c4cccc5c4N(c4ccc2c1c43)C(C)(C)C51CCCC1. The number of fused-ring (bicyclic) bond motifs is 9. The van der Waals surface area contributed by atoms with E-state index in [4.69, 9.17) is 0 Å². The average Bonchev–Trinajstić information content (AvgIpc) is 3.53.